The second-order valence-corrected chi connectivity index (χ2v) is 6.63. The van der Waals surface area contributed by atoms with Gasteiger partial charge in [-0.2, -0.15) is 0 Å². The van der Waals surface area contributed by atoms with Crippen molar-refractivity contribution in [2.45, 2.75) is 38.1 Å². The Labute approximate surface area is 128 Å². The number of ketones is 1. The van der Waals surface area contributed by atoms with E-state index in [1.807, 2.05) is 6.07 Å². The smallest absolute Gasteiger partial charge is 0.296 e. The summed E-state index contributed by atoms with van der Waals surface area (Å²) in [6.45, 7) is 1.01. The summed E-state index contributed by atoms with van der Waals surface area (Å²) >= 11 is 6.40. The lowest BCUT2D eigenvalue weighted by atomic mass is 9.85. The Hall–Kier alpha value is -1.55. The fourth-order valence-electron chi connectivity index (χ4n) is 4.08. The maximum absolute atomic E-state index is 11.7. The molecule has 1 aliphatic carbocycles. The third-order valence-electron chi connectivity index (χ3n) is 5.11. The molecule has 2 aliphatic heterocycles. The van der Waals surface area contributed by atoms with E-state index in [-0.39, 0.29) is 0 Å². The number of rotatable bonds is 1. The van der Waals surface area contributed by atoms with Crippen LogP contribution in [-0.4, -0.2) is 24.3 Å². The standard InChI is InChI=1S/C16H17ClN2O2/c17-11-7-10-12(18-16(21)15(10)20)8-14(11)19-6-5-9-3-1-2-4-13(9)19/h7-9,13H,1-6H2,(H,18,20,21). The lowest BCUT2D eigenvalue weighted by molar-refractivity contribution is -0.112. The maximum Gasteiger partial charge on any atom is 0.296 e. The molecule has 1 N–H and O–H groups in total. The highest BCUT2D eigenvalue weighted by molar-refractivity contribution is 6.52. The van der Waals surface area contributed by atoms with Crippen LogP contribution in [0.4, 0.5) is 11.4 Å². The molecule has 5 heteroatoms. The van der Waals surface area contributed by atoms with E-state index >= 15 is 0 Å². The van der Waals surface area contributed by atoms with E-state index in [0.717, 1.165) is 18.2 Å². The van der Waals surface area contributed by atoms with Crippen molar-refractivity contribution in [3.8, 4) is 0 Å². The highest BCUT2D eigenvalue weighted by atomic mass is 35.5. The van der Waals surface area contributed by atoms with Crippen LogP contribution in [0.1, 0.15) is 42.5 Å². The zero-order valence-corrected chi connectivity index (χ0v) is 12.4. The number of carbonyl (C=O) groups excluding carboxylic acids is 2. The van der Waals surface area contributed by atoms with Crippen molar-refractivity contribution in [1.29, 1.82) is 0 Å². The largest absolute Gasteiger partial charge is 0.367 e. The van der Waals surface area contributed by atoms with Crippen LogP contribution < -0.4 is 10.2 Å². The molecule has 2 atom stereocenters. The molecule has 1 aromatic carbocycles. The first-order valence-corrected chi connectivity index (χ1v) is 7.99. The summed E-state index contributed by atoms with van der Waals surface area (Å²) in [6, 6.07) is 4.07. The van der Waals surface area contributed by atoms with E-state index in [1.165, 1.54) is 32.1 Å². The number of carbonyl (C=O) groups is 2. The number of anilines is 2. The van der Waals surface area contributed by atoms with Crippen LogP contribution in [0.25, 0.3) is 0 Å². The highest BCUT2D eigenvalue weighted by Gasteiger charge is 2.37. The monoisotopic (exact) mass is 304 g/mol. The lowest BCUT2D eigenvalue weighted by Gasteiger charge is -2.33. The maximum atomic E-state index is 11.7. The second-order valence-electron chi connectivity index (χ2n) is 6.23. The zero-order valence-electron chi connectivity index (χ0n) is 11.7. The van der Waals surface area contributed by atoms with E-state index in [0.29, 0.717) is 22.3 Å². The quantitative estimate of drug-likeness (QED) is 0.810. The molecular weight excluding hydrogens is 288 g/mol. The minimum atomic E-state index is -0.560. The number of hydrogen-bond donors (Lipinski definition) is 1. The summed E-state index contributed by atoms with van der Waals surface area (Å²) in [4.78, 5) is 25.6. The zero-order chi connectivity index (χ0) is 14.6. The van der Waals surface area contributed by atoms with Gasteiger partial charge in [0.1, 0.15) is 0 Å². The third kappa shape index (κ3) is 1.96. The number of benzene rings is 1. The molecule has 0 aromatic heterocycles. The molecule has 0 radical (unpaired) electrons. The van der Waals surface area contributed by atoms with E-state index < -0.39 is 11.7 Å². The average Bonchev–Trinajstić information content (AvgIpc) is 3.02. The van der Waals surface area contributed by atoms with Crippen LogP contribution in [-0.2, 0) is 4.79 Å². The summed E-state index contributed by atoms with van der Waals surface area (Å²) in [5.41, 5.74) is 1.96. The van der Waals surface area contributed by atoms with Gasteiger partial charge >= 0.3 is 0 Å². The van der Waals surface area contributed by atoms with Gasteiger partial charge in [-0.15, -0.1) is 0 Å². The Morgan fingerprint density at radius 2 is 1.95 bits per heavy atom. The van der Waals surface area contributed by atoms with Crippen LogP contribution in [0.15, 0.2) is 12.1 Å². The van der Waals surface area contributed by atoms with Gasteiger partial charge in [0, 0.05) is 12.6 Å². The molecule has 0 spiro atoms. The Morgan fingerprint density at radius 1 is 1.14 bits per heavy atom. The van der Waals surface area contributed by atoms with Gasteiger partial charge in [-0.1, -0.05) is 24.4 Å². The minimum absolute atomic E-state index is 0.396. The van der Waals surface area contributed by atoms with Crippen LogP contribution >= 0.6 is 11.6 Å². The van der Waals surface area contributed by atoms with Crippen molar-refractivity contribution in [2.24, 2.45) is 5.92 Å². The van der Waals surface area contributed by atoms with Gasteiger partial charge in [0.05, 0.1) is 22.0 Å². The minimum Gasteiger partial charge on any atom is -0.367 e. The molecule has 4 nitrogen and oxygen atoms in total. The number of amides is 1. The molecular formula is C16H17ClN2O2. The van der Waals surface area contributed by atoms with Crippen LogP contribution in [0.3, 0.4) is 0 Å². The summed E-state index contributed by atoms with van der Waals surface area (Å²) in [7, 11) is 0. The van der Waals surface area contributed by atoms with Crippen molar-refractivity contribution in [1.82, 2.24) is 0 Å². The number of fused-ring (bicyclic) bond motifs is 2. The average molecular weight is 305 g/mol. The van der Waals surface area contributed by atoms with Crippen molar-refractivity contribution >= 4 is 34.7 Å². The Kier molecular flexibility index (Phi) is 2.96. The molecule has 1 saturated carbocycles. The normalized spacial score (nSPS) is 27.6. The number of nitrogens with zero attached hydrogens (tertiary/aromatic N) is 1. The third-order valence-corrected chi connectivity index (χ3v) is 5.41. The number of hydrogen-bond acceptors (Lipinski definition) is 3. The van der Waals surface area contributed by atoms with Gasteiger partial charge < -0.3 is 10.2 Å². The fourth-order valence-corrected chi connectivity index (χ4v) is 4.35. The predicted octanol–water partition coefficient (Wildman–Crippen LogP) is 3.24. The summed E-state index contributed by atoms with van der Waals surface area (Å²) in [5.74, 6) is -0.287. The first-order valence-electron chi connectivity index (χ1n) is 7.61. The van der Waals surface area contributed by atoms with Gasteiger partial charge in [-0.05, 0) is 37.3 Å². The molecule has 4 rings (SSSR count). The summed E-state index contributed by atoms with van der Waals surface area (Å²) in [6.07, 6.45) is 6.33. The molecule has 110 valence electrons. The van der Waals surface area contributed by atoms with E-state index in [1.54, 1.807) is 6.07 Å². The van der Waals surface area contributed by atoms with Gasteiger partial charge in [0.2, 0.25) is 0 Å². The molecule has 2 unspecified atom stereocenters. The number of halogens is 1. The topological polar surface area (TPSA) is 49.4 Å². The first kappa shape index (κ1) is 13.1. The van der Waals surface area contributed by atoms with Crippen LogP contribution in [0, 0.1) is 5.92 Å². The van der Waals surface area contributed by atoms with Crippen LogP contribution in [0.5, 0.6) is 0 Å². The van der Waals surface area contributed by atoms with Gasteiger partial charge in [-0.3, -0.25) is 9.59 Å². The van der Waals surface area contributed by atoms with Crippen molar-refractivity contribution in [2.75, 3.05) is 16.8 Å². The molecule has 2 heterocycles. The molecule has 2 fully saturated rings. The fraction of sp³-hybridized carbons (Fsp3) is 0.500. The van der Waals surface area contributed by atoms with Gasteiger partial charge in [0.15, 0.2) is 0 Å². The summed E-state index contributed by atoms with van der Waals surface area (Å²) < 4.78 is 0. The van der Waals surface area contributed by atoms with Crippen molar-refractivity contribution in [3.63, 3.8) is 0 Å². The molecule has 21 heavy (non-hydrogen) atoms. The Morgan fingerprint density at radius 3 is 2.81 bits per heavy atom. The number of nitrogens with one attached hydrogen (secondary N) is 1. The highest BCUT2D eigenvalue weighted by Crippen LogP contribution is 2.43. The van der Waals surface area contributed by atoms with E-state index in [4.69, 9.17) is 11.6 Å². The summed E-state index contributed by atoms with van der Waals surface area (Å²) in [5, 5.41) is 3.21. The Bertz CT molecular complexity index is 643. The molecule has 1 amide bonds. The molecule has 0 bridgehead atoms. The molecule has 1 saturated heterocycles. The lowest BCUT2D eigenvalue weighted by Crippen LogP contribution is -2.34. The van der Waals surface area contributed by atoms with E-state index in [9.17, 15) is 9.59 Å². The SMILES string of the molecule is O=C1Nc2cc(N3CCC4CCCCC43)c(Cl)cc2C1=O. The van der Waals surface area contributed by atoms with Crippen LogP contribution in [0.2, 0.25) is 5.02 Å². The Balaban J connectivity index is 1.72. The predicted molar refractivity (Wildman–Crippen MR) is 82.1 cm³/mol. The van der Waals surface area contributed by atoms with Gasteiger partial charge in [0.25, 0.3) is 11.7 Å². The van der Waals surface area contributed by atoms with Gasteiger partial charge in [-0.25, -0.2) is 0 Å². The molecule has 1 aromatic rings. The molecule has 3 aliphatic rings. The first-order chi connectivity index (χ1) is 10.1. The second kappa shape index (κ2) is 4.73. The number of Topliss-reactive ketones (excluding diaryl/α,β-unsaturated/α-hetero) is 1. The van der Waals surface area contributed by atoms with E-state index in [2.05, 4.69) is 10.2 Å². The van der Waals surface area contributed by atoms with Crippen molar-refractivity contribution < 1.29 is 9.59 Å². The van der Waals surface area contributed by atoms with Crippen molar-refractivity contribution in [3.05, 3.63) is 22.7 Å².